The lowest BCUT2D eigenvalue weighted by atomic mass is 9.93. The molecule has 0 spiro atoms. The first-order valence-corrected chi connectivity index (χ1v) is 7.09. The van der Waals surface area contributed by atoms with Crippen molar-refractivity contribution in [1.29, 1.82) is 0 Å². The van der Waals surface area contributed by atoms with Crippen LogP contribution in [0.2, 0.25) is 0 Å². The van der Waals surface area contributed by atoms with E-state index in [0.29, 0.717) is 6.54 Å². The first-order valence-electron chi connectivity index (χ1n) is 7.09. The minimum atomic E-state index is 0.113. The van der Waals surface area contributed by atoms with E-state index in [0.717, 1.165) is 36.7 Å². The Labute approximate surface area is 122 Å². The van der Waals surface area contributed by atoms with Gasteiger partial charge in [-0.05, 0) is 36.7 Å². The molecule has 0 saturated heterocycles. The van der Waals surface area contributed by atoms with Crippen molar-refractivity contribution in [2.75, 3.05) is 33.9 Å². The first kappa shape index (κ1) is 16.8. The molecule has 1 rings (SSSR count). The summed E-state index contributed by atoms with van der Waals surface area (Å²) in [4.78, 5) is 2.38. The van der Waals surface area contributed by atoms with Crippen LogP contribution in [0.15, 0.2) is 18.2 Å². The molecule has 0 aliphatic carbocycles. The summed E-state index contributed by atoms with van der Waals surface area (Å²) in [5.74, 6) is 1.75. The highest BCUT2D eigenvalue weighted by molar-refractivity contribution is 5.40. The Morgan fingerprint density at radius 2 is 1.90 bits per heavy atom. The maximum Gasteiger partial charge on any atom is 0.123 e. The fourth-order valence-corrected chi connectivity index (χ4v) is 2.20. The van der Waals surface area contributed by atoms with E-state index in [2.05, 4.69) is 25.7 Å². The van der Waals surface area contributed by atoms with Crippen LogP contribution in [0.3, 0.4) is 0 Å². The zero-order valence-electron chi connectivity index (χ0n) is 13.4. The predicted octanol–water partition coefficient (Wildman–Crippen LogP) is 2.51. The van der Waals surface area contributed by atoms with Crippen molar-refractivity contribution in [3.05, 3.63) is 23.8 Å². The second-order valence-corrected chi connectivity index (χ2v) is 5.85. The molecule has 2 N–H and O–H groups in total. The second-order valence-electron chi connectivity index (χ2n) is 5.85. The normalized spacial score (nSPS) is 11.8. The van der Waals surface area contributed by atoms with E-state index in [-0.39, 0.29) is 5.41 Å². The summed E-state index contributed by atoms with van der Waals surface area (Å²) in [6.07, 6.45) is 0. The molecule has 0 amide bonds. The van der Waals surface area contributed by atoms with E-state index in [9.17, 15) is 0 Å². The highest BCUT2D eigenvalue weighted by atomic mass is 16.5. The van der Waals surface area contributed by atoms with Gasteiger partial charge < -0.3 is 15.2 Å². The Balaban J connectivity index is 2.88. The van der Waals surface area contributed by atoms with Crippen molar-refractivity contribution in [3.8, 4) is 11.5 Å². The molecule has 0 saturated carbocycles. The van der Waals surface area contributed by atoms with Crippen LogP contribution in [0.4, 0.5) is 0 Å². The largest absolute Gasteiger partial charge is 0.497 e. The number of benzene rings is 1. The topological polar surface area (TPSA) is 47.7 Å². The maximum absolute atomic E-state index is 5.83. The van der Waals surface area contributed by atoms with E-state index in [1.807, 2.05) is 18.2 Å². The molecule has 0 aliphatic heterocycles. The van der Waals surface area contributed by atoms with Crippen LogP contribution in [0, 0.1) is 5.41 Å². The number of nitrogens with zero attached hydrogens (tertiary/aromatic N) is 1. The third-order valence-corrected chi connectivity index (χ3v) is 3.53. The number of hydrogen-bond acceptors (Lipinski definition) is 4. The van der Waals surface area contributed by atoms with E-state index in [4.69, 9.17) is 15.2 Å². The van der Waals surface area contributed by atoms with Gasteiger partial charge >= 0.3 is 0 Å². The Kier molecular flexibility index (Phi) is 6.30. The molecular formula is C16H28N2O2. The van der Waals surface area contributed by atoms with Gasteiger partial charge in [0.1, 0.15) is 11.5 Å². The predicted molar refractivity (Wildman–Crippen MR) is 83.3 cm³/mol. The quantitative estimate of drug-likeness (QED) is 0.795. The van der Waals surface area contributed by atoms with Crippen molar-refractivity contribution in [3.63, 3.8) is 0 Å². The molecule has 0 radical (unpaired) electrons. The number of rotatable bonds is 8. The average Bonchev–Trinajstić information content (AvgIpc) is 2.46. The van der Waals surface area contributed by atoms with Crippen LogP contribution in [0.1, 0.15) is 26.3 Å². The van der Waals surface area contributed by atoms with E-state index >= 15 is 0 Å². The van der Waals surface area contributed by atoms with Gasteiger partial charge in [-0.3, -0.25) is 4.90 Å². The van der Waals surface area contributed by atoms with Gasteiger partial charge in [0.2, 0.25) is 0 Å². The summed E-state index contributed by atoms with van der Waals surface area (Å²) in [7, 11) is 3.38. The number of ether oxygens (including phenoxy) is 2. The highest BCUT2D eigenvalue weighted by Gasteiger charge is 2.20. The Hall–Kier alpha value is -1.26. The molecule has 0 heterocycles. The Bertz CT molecular complexity index is 419. The zero-order valence-corrected chi connectivity index (χ0v) is 13.4. The van der Waals surface area contributed by atoms with Crippen LogP contribution in [-0.4, -0.2) is 38.8 Å². The number of hydrogen-bond donors (Lipinski definition) is 1. The minimum absolute atomic E-state index is 0.113. The fourth-order valence-electron chi connectivity index (χ4n) is 2.20. The summed E-state index contributed by atoms with van der Waals surface area (Å²) < 4.78 is 10.7. The van der Waals surface area contributed by atoms with E-state index in [1.54, 1.807) is 14.2 Å². The molecule has 4 nitrogen and oxygen atoms in total. The summed E-state index contributed by atoms with van der Waals surface area (Å²) in [6, 6.07) is 5.91. The van der Waals surface area contributed by atoms with Crippen LogP contribution in [0.5, 0.6) is 11.5 Å². The smallest absolute Gasteiger partial charge is 0.123 e. The highest BCUT2D eigenvalue weighted by Crippen LogP contribution is 2.26. The van der Waals surface area contributed by atoms with Gasteiger partial charge in [0.25, 0.3) is 0 Å². The summed E-state index contributed by atoms with van der Waals surface area (Å²) >= 11 is 0. The molecule has 0 aliphatic rings. The summed E-state index contributed by atoms with van der Waals surface area (Å²) in [5, 5.41) is 0. The molecule has 20 heavy (non-hydrogen) atoms. The third-order valence-electron chi connectivity index (χ3n) is 3.53. The van der Waals surface area contributed by atoms with Gasteiger partial charge in [0.15, 0.2) is 0 Å². The van der Waals surface area contributed by atoms with Crippen molar-refractivity contribution in [2.45, 2.75) is 27.3 Å². The van der Waals surface area contributed by atoms with Crippen LogP contribution in [-0.2, 0) is 6.54 Å². The van der Waals surface area contributed by atoms with E-state index in [1.165, 1.54) is 0 Å². The lowest BCUT2D eigenvalue weighted by Gasteiger charge is -2.31. The minimum Gasteiger partial charge on any atom is -0.497 e. The number of nitrogens with two attached hydrogens (primary N) is 1. The molecule has 1 aromatic carbocycles. The Morgan fingerprint density at radius 1 is 1.20 bits per heavy atom. The van der Waals surface area contributed by atoms with Crippen LogP contribution in [0.25, 0.3) is 0 Å². The summed E-state index contributed by atoms with van der Waals surface area (Å²) in [6.45, 7) is 10.00. The molecule has 0 fully saturated rings. The van der Waals surface area contributed by atoms with Crippen LogP contribution >= 0.6 is 0 Å². The van der Waals surface area contributed by atoms with Crippen molar-refractivity contribution >= 4 is 0 Å². The van der Waals surface area contributed by atoms with Crippen molar-refractivity contribution in [2.24, 2.45) is 11.1 Å². The van der Waals surface area contributed by atoms with E-state index < -0.39 is 0 Å². The van der Waals surface area contributed by atoms with Gasteiger partial charge in [0.05, 0.1) is 14.2 Å². The van der Waals surface area contributed by atoms with Crippen LogP contribution < -0.4 is 15.2 Å². The van der Waals surface area contributed by atoms with Gasteiger partial charge in [-0.15, -0.1) is 0 Å². The monoisotopic (exact) mass is 280 g/mol. The van der Waals surface area contributed by atoms with Gasteiger partial charge in [-0.2, -0.15) is 0 Å². The molecular weight excluding hydrogens is 252 g/mol. The van der Waals surface area contributed by atoms with Gasteiger partial charge in [-0.25, -0.2) is 0 Å². The molecule has 1 aromatic rings. The summed E-state index contributed by atoms with van der Waals surface area (Å²) in [5.41, 5.74) is 7.09. The van der Waals surface area contributed by atoms with Gasteiger partial charge in [0, 0.05) is 18.7 Å². The first-order chi connectivity index (χ1) is 9.45. The molecule has 0 unspecified atom stereocenters. The molecule has 0 atom stereocenters. The van der Waals surface area contributed by atoms with Gasteiger partial charge in [-0.1, -0.05) is 20.8 Å². The SMILES string of the molecule is CCN(Cc1cc(OC)ccc1OC)CC(C)(C)CN. The van der Waals surface area contributed by atoms with Crippen molar-refractivity contribution < 1.29 is 9.47 Å². The Morgan fingerprint density at radius 3 is 2.40 bits per heavy atom. The molecule has 4 heteroatoms. The second kappa shape index (κ2) is 7.50. The maximum atomic E-state index is 5.83. The average molecular weight is 280 g/mol. The molecule has 0 bridgehead atoms. The standard InChI is InChI=1S/C16H28N2O2/c1-6-18(12-16(2,3)11-17)10-13-9-14(19-4)7-8-15(13)20-5/h7-9H,6,10-12,17H2,1-5H3. The number of methoxy groups -OCH3 is 2. The molecule has 0 aromatic heterocycles. The lowest BCUT2D eigenvalue weighted by molar-refractivity contribution is 0.181. The molecule has 114 valence electrons. The third kappa shape index (κ3) is 4.69. The zero-order chi connectivity index (χ0) is 15.2. The van der Waals surface area contributed by atoms with Crippen molar-refractivity contribution in [1.82, 2.24) is 4.90 Å². The lowest BCUT2D eigenvalue weighted by Crippen LogP contribution is -2.38. The fraction of sp³-hybridized carbons (Fsp3) is 0.625.